The molecule has 0 aliphatic rings. The zero-order valence-corrected chi connectivity index (χ0v) is 13.8. The maximum Gasteiger partial charge on any atom is 0.192 e. The molecule has 0 aromatic rings. The third-order valence-electron chi connectivity index (χ3n) is 3.57. The molecular formula is C15H30OSi. The molecule has 1 nitrogen and oxygen atoms in total. The minimum Gasteiger partial charge on any atom is -0.413 e. The normalized spacial score (nSPS) is 15.8. The van der Waals surface area contributed by atoms with E-state index in [1.807, 2.05) is 6.08 Å². The maximum atomic E-state index is 6.18. The summed E-state index contributed by atoms with van der Waals surface area (Å²) >= 11 is 0. The van der Waals surface area contributed by atoms with Crippen LogP contribution in [0.25, 0.3) is 0 Å². The lowest BCUT2D eigenvalue weighted by molar-refractivity contribution is 0.317. The predicted molar refractivity (Wildman–Crippen MR) is 80.9 cm³/mol. The van der Waals surface area contributed by atoms with Gasteiger partial charge in [-0.2, -0.15) is 0 Å². The van der Waals surface area contributed by atoms with Gasteiger partial charge in [0.15, 0.2) is 8.32 Å². The van der Waals surface area contributed by atoms with Crippen molar-refractivity contribution in [3.8, 4) is 0 Å². The number of allylic oxidation sites excluding steroid dienone is 2. The summed E-state index contributed by atoms with van der Waals surface area (Å²) in [5.41, 5.74) is 1.34. The van der Waals surface area contributed by atoms with Crippen LogP contribution in [0.5, 0.6) is 0 Å². The van der Waals surface area contributed by atoms with Gasteiger partial charge < -0.3 is 4.43 Å². The van der Waals surface area contributed by atoms with Crippen molar-refractivity contribution in [2.24, 2.45) is 5.92 Å². The van der Waals surface area contributed by atoms with E-state index in [1.165, 1.54) is 5.57 Å². The monoisotopic (exact) mass is 254 g/mol. The number of rotatable bonds is 6. The van der Waals surface area contributed by atoms with Gasteiger partial charge >= 0.3 is 0 Å². The molecule has 2 heteroatoms. The summed E-state index contributed by atoms with van der Waals surface area (Å²) < 4.78 is 6.18. The van der Waals surface area contributed by atoms with Gasteiger partial charge in [-0.1, -0.05) is 45.4 Å². The van der Waals surface area contributed by atoms with E-state index in [0.29, 0.717) is 11.0 Å². The van der Waals surface area contributed by atoms with Crippen LogP contribution in [0.1, 0.15) is 41.0 Å². The van der Waals surface area contributed by atoms with Crippen molar-refractivity contribution in [3.63, 3.8) is 0 Å². The van der Waals surface area contributed by atoms with Crippen LogP contribution in [0.3, 0.4) is 0 Å². The van der Waals surface area contributed by atoms with Crippen molar-refractivity contribution in [2.75, 3.05) is 6.61 Å². The Balaban J connectivity index is 4.33. The van der Waals surface area contributed by atoms with Gasteiger partial charge in [-0.15, -0.1) is 6.58 Å². The summed E-state index contributed by atoms with van der Waals surface area (Å²) in [7, 11) is -1.60. The van der Waals surface area contributed by atoms with Crippen LogP contribution < -0.4 is 0 Å². The van der Waals surface area contributed by atoms with Gasteiger partial charge in [0.25, 0.3) is 0 Å². The van der Waals surface area contributed by atoms with Crippen LogP contribution in [0, 0.1) is 5.92 Å². The highest BCUT2D eigenvalue weighted by molar-refractivity contribution is 6.74. The number of hydrogen-bond acceptors (Lipinski definition) is 1. The van der Waals surface area contributed by atoms with Gasteiger partial charge in [0, 0.05) is 0 Å². The summed E-state index contributed by atoms with van der Waals surface area (Å²) in [6, 6.07) is 0. The lowest BCUT2D eigenvalue weighted by Gasteiger charge is -2.36. The van der Waals surface area contributed by atoms with E-state index in [1.54, 1.807) is 0 Å². The first-order valence-corrected chi connectivity index (χ1v) is 9.43. The zero-order valence-electron chi connectivity index (χ0n) is 12.8. The first-order valence-electron chi connectivity index (χ1n) is 6.52. The lowest BCUT2D eigenvalue weighted by atomic mass is 10.1. The lowest BCUT2D eigenvalue weighted by Crippen LogP contribution is -2.41. The Bertz CT molecular complexity index is 271. The summed E-state index contributed by atoms with van der Waals surface area (Å²) in [6.45, 7) is 20.4. The van der Waals surface area contributed by atoms with E-state index >= 15 is 0 Å². The molecule has 0 radical (unpaired) electrons. The molecule has 0 aliphatic carbocycles. The van der Waals surface area contributed by atoms with Crippen molar-refractivity contribution in [3.05, 3.63) is 24.3 Å². The maximum absolute atomic E-state index is 6.18. The fourth-order valence-corrected chi connectivity index (χ4v) is 2.40. The van der Waals surface area contributed by atoms with Crippen LogP contribution in [-0.4, -0.2) is 14.9 Å². The molecule has 0 fully saturated rings. The summed E-state index contributed by atoms with van der Waals surface area (Å²) in [5, 5.41) is 0.292. The van der Waals surface area contributed by atoms with Gasteiger partial charge in [0.05, 0.1) is 6.61 Å². The first kappa shape index (κ1) is 16.7. The Morgan fingerprint density at radius 3 is 2.29 bits per heavy atom. The second kappa shape index (κ2) is 6.55. The molecule has 0 saturated heterocycles. The molecule has 1 atom stereocenters. The second-order valence-electron chi connectivity index (χ2n) is 6.56. The van der Waals surface area contributed by atoms with Gasteiger partial charge in [-0.3, -0.25) is 0 Å². The Morgan fingerprint density at radius 1 is 1.35 bits per heavy atom. The van der Waals surface area contributed by atoms with Crippen molar-refractivity contribution in [2.45, 2.75) is 59.2 Å². The standard InChI is InChI=1S/C15H30OSi/c1-9-10-13(2)11-14(3)12-16-17(7,8)15(4,5)6/h9,11,13H,1,10,12H2,2-8H3/b14-11+. The molecule has 0 spiro atoms. The van der Waals surface area contributed by atoms with Crippen LogP contribution in [-0.2, 0) is 4.43 Å². The van der Waals surface area contributed by atoms with E-state index in [2.05, 4.69) is 60.4 Å². The van der Waals surface area contributed by atoms with Gasteiger partial charge in [-0.05, 0) is 37.4 Å². The molecule has 0 N–H and O–H groups in total. The summed E-state index contributed by atoms with van der Waals surface area (Å²) in [5.74, 6) is 0.565. The zero-order chi connectivity index (χ0) is 13.7. The van der Waals surface area contributed by atoms with E-state index < -0.39 is 8.32 Å². The average Bonchev–Trinajstić information content (AvgIpc) is 2.13. The molecule has 0 aromatic heterocycles. The molecule has 0 heterocycles. The Hall–Kier alpha value is -0.343. The van der Waals surface area contributed by atoms with Crippen LogP contribution >= 0.6 is 0 Å². The van der Waals surface area contributed by atoms with E-state index in [-0.39, 0.29) is 0 Å². The highest BCUT2D eigenvalue weighted by Gasteiger charge is 2.36. The molecule has 0 aromatic carbocycles. The van der Waals surface area contributed by atoms with Crippen LogP contribution in [0.2, 0.25) is 18.1 Å². The molecule has 0 bridgehead atoms. The van der Waals surface area contributed by atoms with Crippen molar-refractivity contribution >= 4 is 8.32 Å². The highest BCUT2D eigenvalue weighted by Crippen LogP contribution is 2.36. The van der Waals surface area contributed by atoms with Crippen molar-refractivity contribution in [1.29, 1.82) is 0 Å². The third-order valence-corrected chi connectivity index (χ3v) is 8.05. The van der Waals surface area contributed by atoms with E-state index in [9.17, 15) is 0 Å². The molecule has 0 rings (SSSR count). The topological polar surface area (TPSA) is 9.23 Å². The Kier molecular flexibility index (Phi) is 6.42. The van der Waals surface area contributed by atoms with Crippen LogP contribution in [0.4, 0.5) is 0 Å². The molecule has 100 valence electrons. The first-order chi connectivity index (χ1) is 7.60. The Morgan fingerprint density at radius 2 is 1.88 bits per heavy atom. The SMILES string of the molecule is C=CCC(C)/C=C(\C)CO[Si](C)(C)C(C)(C)C. The average molecular weight is 254 g/mol. The van der Waals surface area contributed by atoms with E-state index in [4.69, 9.17) is 4.43 Å². The van der Waals surface area contributed by atoms with Gasteiger partial charge in [0.1, 0.15) is 0 Å². The quantitative estimate of drug-likeness (QED) is 0.469. The molecule has 0 amide bonds. The minimum absolute atomic E-state index is 0.292. The summed E-state index contributed by atoms with van der Waals surface area (Å²) in [4.78, 5) is 0. The molecule has 0 saturated carbocycles. The van der Waals surface area contributed by atoms with Gasteiger partial charge in [-0.25, -0.2) is 0 Å². The minimum atomic E-state index is -1.60. The predicted octanol–water partition coefficient (Wildman–Crippen LogP) is 5.17. The smallest absolute Gasteiger partial charge is 0.192 e. The largest absolute Gasteiger partial charge is 0.413 e. The fourth-order valence-electron chi connectivity index (χ4n) is 1.38. The molecule has 17 heavy (non-hydrogen) atoms. The van der Waals surface area contributed by atoms with Crippen LogP contribution in [0.15, 0.2) is 24.3 Å². The van der Waals surface area contributed by atoms with Crippen molar-refractivity contribution in [1.82, 2.24) is 0 Å². The second-order valence-corrected chi connectivity index (χ2v) is 11.4. The fraction of sp³-hybridized carbons (Fsp3) is 0.733. The van der Waals surface area contributed by atoms with Crippen molar-refractivity contribution < 1.29 is 4.43 Å². The van der Waals surface area contributed by atoms with Gasteiger partial charge in [0.2, 0.25) is 0 Å². The molecular weight excluding hydrogens is 224 g/mol. The highest BCUT2D eigenvalue weighted by atomic mass is 28.4. The van der Waals surface area contributed by atoms with E-state index in [0.717, 1.165) is 13.0 Å². The molecule has 1 unspecified atom stereocenters. The molecule has 0 aliphatic heterocycles. The number of hydrogen-bond donors (Lipinski definition) is 0. The third kappa shape index (κ3) is 6.23. The summed E-state index contributed by atoms with van der Waals surface area (Å²) in [6.07, 6.45) is 5.31. The Labute approximate surface area is 109 Å².